The molecule has 0 aliphatic heterocycles. The van der Waals surface area contributed by atoms with Crippen molar-refractivity contribution < 1.29 is 19.5 Å². The van der Waals surface area contributed by atoms with E-state index in [-0.39, 0.29) is 6.54 Å². The van der Waals surface area contributed by atoms with Crippen molar-refractivity contribution in [3.05, 3.63) is 12.7 Å². The standard InChI is InChI=1S/C11H19N3O4S/c1-3-5-14(7-9(15)16)10(17)8(4-6-19-2)13-11(12)18/h3,8H,1,4-7H2,2H3,(H,15,16)(H3,12,13,18). The fourth-order valence-electron chi connectivity index (χ4n) is 1.44. The molecule has 3 amide bonds. The molecule has 1 atom stereocenters. The van der Waals surface area contributed by atoms with Gasteiger partial charge in [0, 0.05) is 6.54 Å². The first-order chi connectivity index (χ1) is 8.92. The Morgan fingerprint density at radius 3 is 2.58 bits per heavy atom. The zero-order valence-corrected chi connectivity index (χ0v) is 11.6. The van der Waals surface area contributed by atoms with Gasteiger partial charge in [0.1, 0.15) is 12.6 Å². The molecule has 0 aromatic rings. The maximum absolute atomic E-state index is 12.1. The first-order valence-corrected chi connectivity index (χ1v) is 6.98. The number of nitrogens with zero attached hydrogens (tertiary/aromatic N) is 1. The average molecular weight is 289 g/mol. The highest BCUT2D eigenvalue weighted by Crippen LogP contribution is 2.05. The van der Waals surface area contributed by atoms with Gasteiger partial charge in [-0.25, -0.2) is 4.79 Å². The lowest BCUT2D eigenvalue weighted by atomic mass is 10.2. The predicted octanol–water partition coefficient (Wildman–Crippen LogP) is -0.124. The molecule has 4 N–H and O–H groups in total. The van der Waals surface area contributed by atoms with Crippen LogP contribution in [0.5, 0.6) is 0 Å². The molecule has 0 aliphatic rings. The number of amides is 3. The molecule has 19 heavy (non-hydrogen) atoms. The second-order valence-electron chi connectivity index (χ2n) is 3.74. The van der Waals surface area contributed by atoms with Crippen molar-refractivity contribution >= 4 is 29.7 Å². The molecule has 0 saturated heterocycles. The van der Waals surface area contributed by atoms with Crippen LogP contribution in [-0.4, -0.2) is 59.1 Å². The quantitative estimate of drug-likeness (QED) is 0.512. The Hall–Kier alpha value is -1.70. The number of hydrogen-bond donors (Lipinski definition) is 3. The summed E-state index contributed by atoms with van der Waals surface area (Å²) in [6.07, 6.45) is 3.68. The van der Waals surface area contributed by atoms with Crippen LogP contribution >= 0.6 is 11.8 Å². The van der Waals surface area contributed by atoms with Gasteiger partial charge in [0.2, 0.25) is 5.91 Å². The first-order valence-electron chi connectivity index (χ1n) is 5.58. The third-order valence-electron chi connectivity index (χ3n) is 2.21. The number of thioether (sulfide) groups is 1. The molecule has 8 heteroatoms. The molecule has 0 rings (SSSR count). The third kappa shape index (κ3) is 7.35. The number of aliphatic carboxylic acids is 1. The monoisotopic (exact) mass is 289 g/mol. The van der Waals surface area contributed by atoms with Gasteiger partial charge in [0.15, 0.2) is 0 Å². The van der Waals surface area contributed by atoms with Crippen LogP contribution in [0.3, 0.4) is 0 Å². The Balaban J connectivity index is 4.81. The van der Waals surface area contributed by atoms with Crippen LogP contribution in [0.25, 0.3) is 0 Å². The molecule has 0 spiro atoms. The second kappa shape index (κ2) is 9.26. The summed E-state index contributed by atoms with van der Waals surface area (Å²) in [6, 6.07) is -1.63. The number of urea groups is 1. The molecule has 0 aromatic heterocycles. The van der Waals surface area contributed by atoms with Crippen molar-refractivity contribution in [3.8, 4) is 0 Å². The zero-order chi connectivity index (χ0) is 14.8. The van der Waals surface area contributed by atoms with E-state index in [9.17, 15) is 14.4 Å². The minimum Gasteiger partial charge on any atom is -0.480 e. The lowest BCUT2D eigenvalue weighted by molar-refractivity contribution is -0.144. The van der Waals surface area contributed by atoms with Gasteiger partial charge in [0.05, 0.1) is 0 Å². The molecule has 0 radical (unpaired) electrons. The molecule has 0 aromatic carbocycles. The fourth-order valence-corrected chi connectivity index (χ4v) is 1.91. The normalized spacial score (nSPS) is 11.4. The minimum atomic E-state index is -1.13. The van der Waals surface area contributed by atoms with Crippen molar-refractivity contribution in [2.75, 3.05) is 25.1 Å². The summed E-state index contributed by atoms with van der Waals surface area (Å²) in [5.74, 6) is -0.959. The van der Waals surface area contributed by atoms with E-state index in [4.69, 9.17) is 10.8 Å². The predicted molar refractivity (Wildman–Crippen MR) is 73.9 cm³/mol. The third-order valence-corrected chi connectivity index (χ3v) is 2.86. The highest BCUT2D eigenvalue weighted by Gasteiger charge is 2.25. The van der Waals surface area contributed by atoms with Crippen LogP contribution in [0.15, 0.2) is 12.7 Å². The van der Waals surface area contributed by atoms with Crippen LogP contribution in [0.2, 0.25) is 0 Å². The van der Waals surface area contributed by atoms with E-state index < -0.39 is 30.5 Å². The number of hydrogen-bond acceptors (Lipinski definition) is 4. The van der Waals surface area contributed by atoms with Crippen LogP contribution in [0.4, 0.5) is 4.79 Å². The minimum absolute atomic E-state index is 0.0986. The van der Waals surface area contributed by atoms with Crippen molar-refractivity contribution in [1.82, 2.24) is 10.2 Å². The van der Waals surface area contributed by atoms with E-state index in [1.807, 2.05) is 6.26 Å². The van der Waals surface area contributed by atoms with Gasteiger partial charge in [0.25, 0.3) is 0 Å². The van der Waals surface area contributed by atoms with E-state index >= 15 is 0 Å². The molecule has 1 unspecified atom stereocenters. The summed E-state index contributed by atoms with van der Waals surface area (Å²) in [7, 11) is 0. The number of rotatable bonds is 9. The number of carboxylic acid groups (broad SMARTS) is 1. The maximum atomic E-state index is 12.1. The second-order valence-corrected chi connectivity index (χ2v) is 4.73. The van der Waals surface area contributed by atoms with E-state index in [1.165, 1.54) is 17.8 Å². The highest BCUT2D eigenvalue weighted by atomic mass is 32.2. The summed E-state index contributed by atoms with van der Waals surface area (Å²) in [5.41, 5.74) is 5.01. The summed E-state index contributed by atoms with van der Waals surface area (Å²) in [5, 5.41) is 11.1. The Bertz CT molecular complexity index is 349. The number of nitrogens with one attached hydrogen (secondary N) is 1. The molecule has 0 saturated carbocycles. The van der Waals surface area contributed by atoms with E-state index in [0.717, 1.165) is 4.90 Å². The van der Waals surface area contributed by atoms with Crippen molar-refractivity contribution in [2.24, 2.45) is 5.73 Å². The van der Waals surface area contributed by atoms with Crippen LogP contribution in [-0.2, 0) is 9.59 Å². The van der Waals surface area contributed by atoms with Crippen molar-refractivity contribution in [1.29, 1.82) is 0 Å². The molecule has 0 fully saturated rings. The maximum Gasteiger partial charge on any atom is 0.323 e. The van der Waals surface area contributed by atoms with E-state index in [0.29, 0.717) is 12.2 Å². The lowest BCUT2D eigenvalue weighted by Gasteiger charge is -2.25. The van der Waals surface area contributed by atoms with Crippen LogP contribution in [0.1, 0.15) is 6.42 Å². The fraction of sp³-hybridized carbons (Fsp3) is 0.545. The smallest absolute Gasteiger partial charge is 0.323 e. The summed E-state index contributed by atoms with van der Waals surface area (Å²) in [4.78, 5) is 34.8. The van der Waals surface area contributed by atoms with E-state index in [2.05, 4.69) is 11.9 Å². The van der Waals surface area contributed by atoms with Crippen LogP contribution in [0, 0.1) is 0 Å². The van der Waals surface area contributed by atoms with Crippen molar-refractivity contribution in [2.45, 2.75) is 12.5 Å². The Morgan fingerprint density at radius 1 is 1.53 bits per heavy atom. The van der Waals surface area contributed by atoms with Gasteiger partial charge in [-0.1, -0.05) is 6.08 Å². The first kappa shape index (κ1) is 17.3. The summed E-state index contributed by atoms with van der Waals surface area (Å²) >= 11 is 1.51. The molecule has 7 nitrogen and oxygen atoms in total. The molecular weight excluding hydrogens is 270 g/mol. The number of carbonyl (C=O) groups excluding carboxylic acids is 2. The lowest BCUT2D eigenvalue weighted by Crippen LogP contribution is -2.51. The average Bonchev–Trinajstić information content (AvgIpc) is 2.32. The highest BCUT2D eigenvalue weighted by molar-refractivity contribution is 7.98. The topological polar surface area (TPSA) is 113 Å². The Kier molecular flexibility index (Phi) is 8.43. The number of primary amides is 1. The Morgan fingerprint density at radius 2 is 2.16 bits per heavy atom. The van der Waals surface area contributed by atoms with Gasteiger partial charge in [-0.3, -0.25) is 9.59 Å². The zero-order valence-electron chi connectivity index (χ0n) is 10.8. The SMILES string of the molecule is C=CCN(CC(=O)O)C(=O)C(CCSC)NC(N)=O. The Labute approximate surface area is 116 Å². The van der Waals surface area contributed by atoms with E-state index in [1.54, 1.807) is 0 Å². The van der Waals surface area contributed by atoms with Gasteiger partial charge in [-0.2, -0.15) is 11.8 Å². The van der Waals surface area contributed by atoms with Crippen molar-refractivity contribution in [3.63, 3.8) is 0 Å². The number of nitrogens with two attached hydrogens (primary N) is 1. The molecule has 0 aliphatic carbocycles. The number of carbonyl (C=O) groups is 3. The van der Waals surface area contributed by atoms with Gasteiger partial charge in [-0.05, 0) is 18.4 Å². The molecule has 0 bridgehead atoms. The van der Waals surface area contributed by atoms with Gasteiger partial charge in [-0.15, -0.1) is 6.58 Å². The number of carboxylic acids is 1. The summed E-state index contributed by atoms with van der Waals surface area (Å²) < 4.78 is 0. The summed E-state index contributed by atoms with van der Waals surface area (Å²) in [6.45, 7) is 3.12. The van der Waals surface area contributed by atoms with Gasteiger partial charge >= 0.3 is 12.0 Å². The molecule has 108 valence electrons. The molecule has 0 heterocycles. The van der Waals surface area contributed by atoms with Gasteiger partial charge < -0.3 is 21.1 Å². The van der Waals surface area contributed by atoms with Crippen LogP contribution < -0.4 is 11.1 Å². The molecular formula is C11H19N3O4S. The largest absolute Gasteiger partial charge is 0.480 e.